The highest BCUT2D eigenvalue weighted by Gasteiger charge is 2.21. The SMILES string of the molecule is CCc1noc(C)c1C(=O)OCC(=O)c1ccc[nH]1. The third kappa shape index (κ3) is 2.73. The Labute approximate surface area is 109 Å². The summed E-state index contributed by atoms with van der Waals surface area (Å²) in [6, 6.07) is 3.33. The first-order chi connectivity index (χ1) is 9.13. The summed E-state index contributed by atoms with van der Waals surface area (Å²) in [4.78, 5) is 26.3. The standard InChI is InChI=1S/C13H14N2O4/c1-3-9-12(8(2)19-15-9)13(17)18-7-11(16)10-5-4-6-14-10/h4-6,14H,3,7H2,1-2H3. The second-order valence-corrected chi connectivity index (χ2v) is 4.00. The molecule has 2 aromatic heterocycles. The third-order valence-electron chi connectivity index (χ3n) is 2.71. The van der Waals surface area contributed by atoms with Crippen molar-refractivity contribution in [1.29, 1.82) is 0 Å². The molecule has 2 heterocycles. The Kier molecular flexibility index (Phi) is 3.79. The number of H-pyrrole nitrogens is 1. The molecule has 2 aromatic rings. The summed E-state index contributed by atoms with van der Waals surface area (Å²) in [7, 11) is 0. The predicted molar refractivity (Wildman–Crippen MR) is 66.0 cm³/mol. The number of nitrogens with one attached hydrogen (secondary N) is 1. The first-order valence-corrected chi connectivity index (χ1v) is 5.92. The number of aryl methyl sites for hydroxylation is 2. The fourth-order valence-electron chi connectivity index (χ4n) is 1.71. The lowest BCUT2D eigenvalue weighted by Crippen LogP contribution is -2.15. The molecule has 0 fully saturated rings. The Morgan fingerprint density at radius 1 is 1.47 bits per heavy atom. The zero-order valence-electron chi connectivity index (χ0n) is 10.7. The van der Waals surface area contributed by atoms with Crippen molar-refractivity contribution in [3.8, 4) is 0 Å². The van der Waals surface area contributed by atoms with Crippen LogP contribution in [0.5, 0.6) is 0 Å². The number of aromatic amines is 1. The Bertz CT molecular complexity index is 584. The zero-order chi connectivity index (χ0) is 13.8. The molecule has 100 valence electrons. The maximum Gasteiger partial charge on any atom is 0.344 e. The van der Waals surface area contributed by atoms with Crippen molar-refractivity contribution in [1.82, 2.24) is 10.1 Å². The van der Waals surface area contributed by atoms with E-state index in [1.54, 1.807) is 25.3 Å². The van der Waals surface area contributed by atoms with Crippen LogP contribution in [0.15, 0.2) is 22.9 Å². The second-order valence-electron chi connectivity index (χ2n) is 4.00. The summed E-state index contributed by atoms with van der Waals surface area (Å²) in [6.07, 6.45) is 2.20. The van der Waals surface area contributed by atoms with Crippen LogP contribution < -0.4 is 0 Å². The monoisotopic (exact) mass is 262 g/mol. The maximum absolute atomic E-state index is 11.9. The van der Waals surface area contributed by atoms with Crippen molar-refractivity contribution in [2.24, 2.45) is 0 Å². The van der Waals surface area contributed by atoms with Gasteiger partial charge in [0, 0.05) is 6.20 Å². The van der Waals surface area contributed by atoms with Gasteiger partial charge in [0.15, 0.2) is 6.61 Å². The average molecular weight is 262 g/mol. The number of carbonyl (C=O) groups is 2. The second kappa shape index (κ2) is 5.51. The Hall–Kier alpha value is -2.37. The lowest BCUT2D eigenvalue weighted by molar-refractivity contribution is 0.0471. The molecule has 6 nitrogen and oxygen atoms in total. The van der Waals surface area contributed by atoms with Crippen molar-refractivity contribution < 1.29 is 18.8 Å². The first-order valence-electron chi connectivity index (χ1n) is 5.92. The molecule has 0 spiro atoms. The van der Waals surface area contributed by atoms with Crippen LogP contribution in [0.3, 0.4) is 0 Å². The van der Waals surface area contributed by atoms with Crippen LogP contribution in [-0.4, -0.2) is 28.5 Å². The van der Waals surface area contributed by atoms with Crippen LogP contribution in [0, 0.1) is 6.92 Å². The number of hydrogen-bond donors (Lipinski definition) is 1. The van der Waals surface area contributed by atoms with Gasteiger partial charge in [-0.3, -0.25) is 4.79 Å². The smallest absolute Gasteiger partial charge is 0.344 e. The van der Waals surface area contributed by atoms with Gasteiger partial charge in [0.25, 0.3) is 0 Å². The maximum atomic E-state index is 11.9. The van der Waals surface area contributed by atoms with E-state index in [-0.39, 0.29) is 12.4 Å². The molecule has 0 saturated carbocycles. The van der Waals surface area contributed by atoms with E-state index in [0.29, 0.717) is 29.1 Å². The highest BCUT2D eigenvalue weighted by Crippen LogP contribution is 2.15. The molecule has 0 amide bonds. The predicted octanol–water partition coefficient (Wildman–Crippen LogP) is 1.91. The third-order valence-corrected chi connectivity index (χ3v) is 2.71. The highest BCUT2D eigenvalue weighted by molar-refractivity contribution is 5.98. The van der Waals surface area contributed by atoms with Gasteiger partial charge in [0.2, 0.25) is 5.78 Å². The van der Waals surface area contributed by atoms with Crippen LogP contribution >= 0.6 is 0 Å². The number of ketones is 1. The summed E-state index contributed by atoms with van der Waals surface area (Å²) < 4.78 is 9.93. The van der Waals surface area contributed by atoms with Crippen LogP contribution in [0.25, 0.3) is 0 Å². The van der Waals surface area contributed by atoms with Crippen molar-refractivity contribution in [3.05, 3.63) is 41.0 Å². The van der Waals surface area contributed by atoms with Gasteiger partial charge in [0.1, 0.15) is 11.3 Å². The molecule has 0 aliphatic heterocycles. The van der Waals surface area contributed by atoms with Crippen molar-refractivity contribution in [3.63, 3.8) is 0 Å². The van der Waals surface area contributed by atoms with Gasteiger partial charge in [0.05, 0.1) is 11.4 Å². The minimum Gasteiger partial charge on any atom is -0.453 e. The van der Waals surface area contributed by atoms with E-state index in [1.165, 1.54) is 0 Å². The summed E-state index contributed by atoms with van der Waals surface area (Å²) in [5.41, 5.74) is 1.25. The molecule has 0 unspecified atom stereocenters. The molecule has 1 N–H and O–H groups in total. The number of hydrogen-bond acceptors (Lipinski definition) is 5. The molecular formula is C13H14N2O4. The number of ether oxygens (including phenoxy) is 1. The fraction of sp³-hybridized carbons (Fsp3) is 0.308. The molecule has 0 radical (unpaired) electrons. The fourth-order valence-corrected chi connectivity index (χ4v) is 1.71. The van der Waals surface area contributed by atoms with Crippen molar-refractivity contribution in [2.45, 2.75) is 20.3 Å². The van der Waals surface area contributed by atoms with Crippen LogP contribution in [0.4, 0.5) is 0 Å². The van der Waals surface area contributed by atoms with E-state index in [4.69, 9.17) is 9.26 Å². The molecule has 2 rings (SSSR count). The molecule has 0 saturated heterocycles. The number of nitrogens with zero attached hydrogens (tertiary/aromatic N) is 1. The van der Waals surface area contributed by atoms with Crippen LogP contribution in [-0.2, 0) is 11.2 Å². The molecule has 19 heavy (non-hydrogen) atoms. The van der Waals surface area contributed by atoms with Gasteiger partial charge < -0.3 is 14.2 Å². The lowest BCUT2D eigenvalue weighted by atomic mass is 10.1. The van der Waals surface area contributed by atoms with E-state index in [1.807, 2.05) is 6.92 Å². The number of carbonyl (C=O) groups excluding carboxylic acids is 2. The molecule has 0 atom stereocenters. The molecule has 6 heteroatoms. The summed E-state index contributed by atoms with van der Waals surface area (Å²) in [5, 5.41) is 3.77. The number of esters is 1. The number of aromatic nitrogens is 2. The average Bonchev–Trinajstić information content (AvgIpc) is 3.04. The summed E-state index contributed by atoms with van der Waals surface area (Å²) in [6.45, 7) is 3.18. The molecule has 0 bridgehead atoms. The quantitative estimate of drug-likeness (QED) is 0.657. The van der Waals surface area contributed by atoms with E-state index in [0.717, 1.165) is 0 Å². The van der Waals surface area contributed by atoms with Gasteiger partial charge in [-0.25, -0.2) is 4.79 Å². The van der Waals surface area contributed by atoms with E-state index in [2.05, 4.69) is 10.1 Å². The molecular weight excluding hydrogens is 248 g/mol. The lowest BCUT2D eigenvalue weighted by Gasteiger charge is -2.03. The molecule has 0 aliphatic rings. The Morgan fingerprint density at radius 3 is 2.89 bits per heavy atom. The van der Waals surface area contributed by atoms with E-state index < -0.39 is 5.97 Å². The van der Waals surface area contributed by atoms with Crippen molar-refractivity contribution >= 4 is 11.8 Å². The van der Waals surface area contributed by atoms with E-state index >= 15 is 0 Å². The van der Waals surface area contributed by atoms with Gasteiger partial charge in [-0.05, 0) is 25.5 Å². The normalized spacial score (nSPS) is 10.4. The van der Waals surface area contributed by atoms with Crippen molar-refractivity contribution in [2.75, 3.05) is 6.61 Å². The minimum atomic E-state index is -0.587. The van der Waals surface area contributed by atoms with Crippen LogP contribution in [0.1, 0.15) is 39.2 Å². The largest absolute Gasteiger partial charge is 0.453 e. The van der Waals surface area contributed by atoms with Gasteiger partial charge in [-0.15, -0.1) is 0 Å². The Morgan fingerprint density at radius 2 is 2.26 bits per heavy atom. The number of rotatable bonds is 5. The Balaban J connectivity index is 2.02. The van der Waals surface area contributed by atoms with Gasteiger partial charge >= 0.3 is 5.97 Å². The van der Waals surface area contributed by atoms with E-state index in [9.17, 15) is 9.59 Å². The summed E-state index contributed by atoms with van der Waals surface area (Å²) in [5.74, 6) is -0.477. The zero-order valence-corrected chi connectivity index (χ0v) is 10.7. The van der Waals surface area contributed by atoms with Gasteiger partial charge in [-0.2, -0.15) is 0 Å². The summed E-state index contributed by atoms with van der Waals surface area (Å²) >= 11 is 0. The first kappa shape index (κ1) is 13.1. The minimum absolute atomic E-state index is 0.287. The highest BCUT2D eigenvalue weighted by atomic mass is 16.5. The van der Waals surface area contributed by atoms with Crippen LogP contribution in [0.2, 0.25) is 0 Å². The molecule has 0 aliphatic carbocycles. The topological polar surface area (TPSA) is 85.2 Å². The number of Topliss-reactive ketones (excluding diaryl/α,β-unsaturated/α-hetero) is 1. The van der Waals surface area contributed by atoms with Gasteiger partial charge in [-0.1, -0.05) is 12.1 Å². The molecule has 0 aromatic carbocycles.